The van der Waals surface area contributed by atoms with E-state index in [1.807, 2.05) is 0 Å². The van der Waals surface area contributed by atoms with Gasteiger partial charge < -0.3 is 9.84 Å². The highest BCUT2D eigenvalue weighted by molar-refractivity contribution is 5.93. The molecule has 2 rings (SSSR count). The minimum Gasteiger partial charge on any atom is -0.478 e. The molecule has 0 aromatic heterocycles. The predicted octanol–water partition coefficient (Wildman–Crippen LogP) is 3.32. The highest BCUT2D eigenvalue weighted by Crippen LogP contribution is 2.47. The number of halogens is 5. The molecule has 1 unspecified atom stereocenters. The van der Waals surface area contributed by atoms with E-state index in [9.17, 15) is 26.7 Å². The molecule has 0 radical (unpaired) electrons. The average Bonchev–Trinajstić information content (AvgIpc) is 2.28. The molecule has 1 atom stereocenters. The standard InChI is InChI=1S/C11H5F5O3/c12-7-4-5-2-1-3-6(9(17)18)8(5)19-10(7,13)11(14,15)16/h1-4H,(H,17,18). The fourth-order valence-corrected chi connectivity index (χ4v) is 1.56. The summed E-state index contributed by atoms with van der Waals surface area (Å²) in [5.41, 5.74) is -0.970. The average molecular weight is 280 g/mol. The molecule has 8 heteroatoms. The Kier molecular flexibility index (Phi) is 2.76. The normalized spacial score (nSPS) is 22.3. The first-order valence-electron chi connectivity index (χ1n) is 4.85. The van der Waals surface area contributed by atoms with Gasteiger partial charge in [-0.1, -0.05) is 12.1 Å². The third-order valence-corrected chi connectivity index (χ3v) is 2.47. The number of para-hydroxylation sites is 1. The number of aromatic carboxylic acids is 1. The maximum atomic E-state index is 13.6. The molecule has 0 spiro atoms. The highest BCUT2D eigenvalue weighted by atomic mass is 19.4. The molecule has 0 fully saturated rings. The van der Waals surface area contributed by atoms with Crippen LogP contribution in [0, 0.1) is 0 Å². The van der Waals surface area contributed by atoms with Crippen molar-refractivity contribution in [2.45, 2.75) is 12.0 Å². The van der Waals surface area contributed by atoms with E-state index >= 15 is 0 Å². The van der Waals surface area contributed by atoms with Crippen LogP contribution in [0.15, 0.2) is 24.0 Å². The molecule has 0 bridgehead atoms. The lowest BCUT2D eigenvalue weighted by Gasteiger charge is -2.31. The first kappa shape index (κ1) is 13.3. The summed E-state index contributed by atoms with van der Waals surface area (Å²) in [5.74, 6) is -9.34. The van der Waals surface area contributed by atoms with Crippen molar-refractivity contribution >= 4 is 12.0 Å². The summed E-state index contributed by atoms with van der Waals surface area (Å²) in [5, 5.41) is 8.78. The Morgan fingerprint density at radius 1 is 1.32 bits per heavy atom. The van der Waals surface area contributed by atoms with E-state index in [4.69, 9.17) is 5.11 Å². The van der Waals surface area contributed by atoms with E-state index in [1.54, 1.807) is 0 Å². The van der Waals surface area contributed by atoms with E-state index in [0.29, 0.717) is 0 Å². The van der Waals surface area contributed by atoms with Gasteiger partial charge in [0.15, 0.2) is 5.83 Å². The quantitative estimate of drug-likeness (QED) is 0.803. The van der Waals surface area contributed by atoms with Gasteiger partial charge in [-0.15, -0.1) is 0 Å². The maximum absolute atomic E-state index is 13.6. The molecule has 1 N–H and O–H groups in total. The van der Waals surface area contributed by atoms with Crippen LogP contribution < -0.4 is 4.74 Å². The Bertz CT molecular complexity index is 578. The van der Waals surface area contributed by atoms with Gasteiger partial charge in [0.25, 0.3) is 0 Å². The number of rotatable bonds is 1. The molecule has 1 aliphatic heterocycles. The number of carbonyl (C=O) groups is 1. The number of hydrogen-bond acceptors (Lipinski definition) is 2. The van der Waals surface area contributed by atoms with Crippen molar-refractivity contribution in [2.75, 3.05) is 0 Å². The van der Waals surface area contributed by atoms with Crippen molar-refractivity contribution in [3.05, 3.63) is 35.2 Å². The number of carboxylic acids is 1. The van der Waals surface area contributed by atoms with Gasteiger partial charge in [-0.05, 0) is 12.1 Å². The van der Waals surface area contributed by atoms with Crippen molar-refractivity contribution < 1.29 is 36.6 Å². The first-order chi connectivity index (χ1) is 8.67. The lowest BCUT2D eigenvalue weighted by molar-refractivity contribution is -0.290. The molecular formula is C11H5F5O3. The van der Waals surface area contributed by atoms with Gasteiger partial charge in [0.05, 0.1) is 0 Å². The monoisotopic (exact) mass is 280 g/mol. The Labute approximate surface area is 102 Å². The summed E-state index contributed by atoms with van der Waals surface area (Å²) < 4.78 is 68.2. The number of benzene rings is 1. The van der Waals surface area contributed by atoms with E-state index < -0.39 is 35.1 Å². The summed E-state index contributed by atoms with van der Waals surface area (Å²) in [6, 6.07) is 3.21. The lowest BCUT2D eigenvalue weighted by atomic mass is 10.0. The molecule has 102 valence electrons. The van der Waals surface area contributed by atoms with Crippen LogP contribution in [0.4, 0.5) is 22.0 Å². The largest absolute Gasteiger partial charge is 0.478 e. The van der Waals surface area contributed by atoms with Gasteiger partial charge in [0.2, 0.25) is 0 Å². The van der Waals surface area contributed by atoms with E-state index in [1.165, 1.54) is 6.07 Å². The van der Waals surface area contributed by atoms with Crippen molar-refractivity contribution in [2.24, 2.45) is 0 Å². The van der Waals surface area contributed by atoms with Crippen LogP contribution in [0.3, 0.4) is 0 Å². The summed E-state index contributed by atoms with van der Waals surface area (Å²) in [6.07, 6.45) is -5.41. The predicted molar refractivity (Wildman–Crippen MR) is 53.0 cm³/mol. The van der Waals surface area contributed by atoms with Crippen LogP contribution in [-0.4, -0.2) is 23.1 Å². The zero-order valence-electron chi connectivity index (χ0n) is 8.96. The minimum atomic E-state index is -5.67. The highest BCUT2D eigenvalue weighted by Gasteiger charge is 2.64. The zero-order chi connectivity index (χ0) is 14.4. The number of ether oxygens (including phenoxy) is 1. The molecule has 1 aromatic carbocycles. The van der Waals surface area contributed by atoms with Gasteiger partial charge in [0, 0.05) is 5.56 Å². The molecule has 0 saturated heterocycles. The Morgan fingerprint density at radius 3 is 2.47 bits per heavy atom. The van der Waals surface area contributed by atoms with Crippen LogP contribution >= 0.6 is 0 Å². The SMILES string of the molecule is O=C(O)c1cccc2c1OC(F)(C(F)(F)F)C(F)=C2. The van der Waals surface area contributed by atoms with Crippen LogP contribution in [0.1, 0.15) is 15.9 Å². The topological polar surface area (TPSA) is 46.5 Å². The third-order valence-electron chi connectivity index (χ3n) is 2.47. The number of alkyl halides is 4. The molecule has 3 nitrogen and oxygen atoms in total. The van der Waals surface area contributed by atoms with Crippen LogP contribution in [0.5, 0.6) is 5.75 Å². The summed E-state index contributed by atoms with van der Waals surface area (Å²) in [7, 11) is 0. The molecule has 19 heavy (non-hydrogen) atoms. The van der Waals surface area contributed by atoms with Crippen LogP contribution in [0.25, 0.3) is 6.08 Å². The van der Waals surface area contributed by atoms with Gasteiger partial charge in [0.1, 0.15) is 11.3 Å². The first-order valence-corrected chi connectivity index (χ1v) is 4.85. The molecule has 1 aliphatic rings. The van der Waals surface area contributed by atoms with E-state index in [0.717, 1.165) is 12.1 Å². The fraction of sp³-hybridized carbons (Fsp3) is 0.182. The maximum Gasteiger partial charge on any atom is 0.467 e. The van der Waals surface area contributed by atoms with Gasteiger partial charge in [-0.2, -0.15) is 17.6 Å². The molecule has 1 heterocycles. The van der Waals surface area contributed by atoms with Crippen LogP contribution in [0.2, 0.25) is 0 Å². The van der Waals surface area contributed by atoms with Gasteiger partial charge >= 0.3 is 18.0 Å². The number of hydrogen-bond donors (Lipinski definition) is 1. The van der Waals surface area contributed by atoms with Crippen molar-refractivity contribution in [1.82, 2.24) is 0 Å². The Balaban J connectivity index is 2.64. The Morgan fingerprint density at radius 2 is 1.95 bits per heavy atom. The second-order valence-electron chi connectivity index (χ2n) is 3.72. The molecule has 0 amide bonds. The van der Waals surface area contributed by atoms with Gasteiger partial charge in [-0.3, -0.25) is 0 Å². The molecule has 0 saturated carbocycles. The fourth-order valence-electron chi connectivity index (χ4n) is 1.56. The van der Waals surface area contributed by atoms with E-state index in [-0.39, 0.29) is 11.6 Å². The number of carboxylic acid groups (broad SMARTS) is 1. The lowest BCUT2D eigenvalue weighted by Crippen LogP contribution is -2.48. The molecular weight excluding hydrogens is 275 g/mol. The van der Waals surface area contributed by atoms with Crippen molar-refractivity contribution in [3.8, 4) is 5.75 Å². The smallest absolute Gasteiger partial charge is 0.467 e. The van der Waals surface area contributed by atoms with Crippen LogP contribution in [-0.2, 0) is 0 Å². The Hall–Kier alpha value is -2.12. The zero-order valence-corrected chi connectivity index (χ0v) is 8.96. The molecule has 0 aliphatic carbocycles. The van der Waals surface area contributed by atoms with Crippen molar-refractivity contribution in [3.63, 3.8) is 0 Å². The molecule has 1 aromatic rings. The summed E-state index contributed by atoms with van der Waals surface area (Å²) >= 11 is 0. The second kappa shape index (κ2) is 3.94. The number of fused-ring (bicyclic) bond motifs is 1. The summed E-state index contributed by atoms with van der Waals surface area (Å²) in [6.45, 7) is 0. The summed E-state index contributed by atoms with van der Waals surface area (Å²) in [4.78, 5) is 10.8. The van der Waals surface area contributed by atoms with Crippen molar-refractivity contribution in [1.29, 1.82) is 0 Å². The second-order valence-corrected chi connectivity index (χ2v) is 3.72. The minimum absolute atomic E-state index is 0.263. The van der Waals surface area contributed by atoms with E-state index in [2.05, 4.69) is 4.74 Å². The third kappa shape index (κ3) is 1.92. The van der Waals surface area contributed by atoms with Gasteiger partial charge in [-0.25, -0.2) is 9.18 Å².